The minimum atomic E-state index is 0.0553. The maximum atomic E-state index is 12.1. The summed E-state index contributed by atoms with van der Waals surface area (Å²) in [6.45, 7) is 10.6. The Kier molecular flexibility index (Phi) is 4.55. The highest BCUT2D eigenvalue weighted by Crippen LogP contribution is 2.23. The summed E-state index contributed by atoms with van der Waals surface area (Å²) < 4.78 is 0. The van der Waals surface area contributed by atoms with Gasteiger partial charge in [0.25, 0.3) is 0 Å². The Hall–Kier alpha value is -1.31. The molecular formula is C16H25NO. The number of benzene rings is 1. The number of carbonyl (C=O) groups excluding carboxylic acids is 1. The lowest BCUT2D eigenvalue weighted by molar-refractivity contribution is 0.0968. The fourth-order valence-corrected chi connectivity index (χ4v) is 1.76. The monoisotopic (exact) mass is 247 g/mol. The number of hydrogen-bond donors (Lipinski definition) is 0. The van der Waals surface area contributed by atoms with Crippen LogP contribution in [0.1, 0.15) is 51.4 Å². The van der Waals surface area contributed by atoms with Gasteiger partial charge in [-0.05, 0) is 38.8 Å². The minimum Gasteiger partial charge on any atom is -0.370 e. The third-order valence-electron chi connectivity index (χ3n) is 3.16. The van der Waals surface area contributed by atoms with Crippen LogP contribution >= 0.6 is 0 Å². The van der Waals surface area contributed by atoms with Gasteiger partial charge in [-0.2, -0.15) is 0 Å². The Bertz CT molecular complexity index is 415. The summed E-state index contributed by atoms with van der Waals surface area (Å²) in [6.07, 6.45) is 0.614. The van der Waals surface area contributed by atoms with Gasteiger partial charge < -0.3 is 4.90 Å². The quantitative estimate of drug-likeness (QED) is 0.745. The third kappa shape index (κ3) is 3.86. The number of ketones is 1. The zero-order chi connectivity index (χ0) is 13.9. The van der Waals surface area contributed by atoms with Gasteiger partial charge in [-0.25, -0.2) is 0 Å². The highest BCUT2D eigenvalue weighted by atomic mass is 16.1. The van der Waals surface area contributed by atoms with E-state index in [1.165, 1.54) is 0 Å². The van der Waals surface area contributed by atoms with E-state index in [0.29, 0.717) is 12.3 Å². The number of carbonyl (C=O) groups is 1. The van der Waals surface area contributed by atoms with E-state index in [4.69, 9.17) is 0 Å². The molecule has 2 nitrogen and oxygen atoms in total. The lowest BCUT2D eigenvalue weighted by Crippen LogP contribution is -2.38. The van der Waals surface area contributed by atoms with Gasteiger partial charge in [0.15, 0.2) is 5.78 Å². The second-order valence-electron chi connectivity index (χ2n) is 6.30. The Morgan fingerprint density at radius 2 is 1.89 bits per heavy atom. The van der Waals surface area contributed by atoms with Gasteiger partial charge in [-0.15, -0.1) is 0 Å². The number of hydrogen-bond acceptors (Lipinski definition) is 2. The van der Waals surface area contributed by atoms with Crippen LogP contribution in [-0.2, 0) is 0 Å². The molecule has 0 fully saturated rings. The van der Waals surface area contributed by atoms with E-state index in [1.807, 2.05) is 18.2 Å². The van der Waals surface area contributed by atoms with Crippen molar-refractivity contribution in [2.24, 2.45) is 5.92 Å². The molecule has 0 radical (unpaired) electrons. The topological polar surface area (TPSA) is 20.3 Å². The van der Waals surface area contributed by atoms with E-state index >= 15 is 0 Å². The van der Waals surface area contributed by atoms with Crippen LogP contribution in [0.4, 0.5) is 5.69 Å². The minimum absolute atomic E-state index is 0.0553. The highest BCUT2D eigenvalue weighted by molar-refractivity contribution is 5.97. The molecule has 1 aromatic rings. The van der Waals surface area contributed by atoms with Gasteiger partial charge in [-0.3, -0.25) is 4.79 Å². The van der Waals surface area contributed by atoms with Gasteiger partial charge in [0.05, 0.1) is 0 Å². The first-order valence-corrected chi connectivity index (χ1v) is 6.59. The average Bonchev–Trinajstić information content (AvgIpc) is 2.26. The van der Waals surface area contributed by atoms with E-state index in [9.17, 15) is 4.79 Å². The van der Waals surface area contributed by atoms with Crippen molar-refractivity contribution < 1.29 is 4.79 Å². The molecule has 0 aromatic heterocycles. The zero-order valence-corrected chi connectivity index (χ0v) is 12.4. The third-order valence-corrected chi connectivity index (χ3v) is 3.16. The van der Waals surface area contributed by atoms with Crippen molar-refractivity contribution in [1.82, 2.24) is 0 Å². The first-order valence-electron chi connectivity index (χ1n) is 6.59. The molecule has 0 heterocycles. The summed E-state index contributed by atoms with van der Waals surface area (Å²) in [4.78, 5) is 14.3. The molecular weight excluding hydrogens is 222 g/mol. The first kappa shape index (κ1) is 14.7. The highest BCUT2D eigenvalue weighted by Gasteiger charge is 2.18. The lowest BCUT2D eigenvalue weighted by atomic mass is 9.99. The number of anilines is 1. The summed E-state index contributed by atoms with van der Waals surface area (Å²) in [6, 6.07) is 7.92. The van der Waals surface area contributed by atoms with Crippen LogP contribution in [-0.4, -0.2) is 18.4 Å². The first-order chi connectivity index (χ1) is 8.21. The Balaban J connectivity index is 2.96. The van der Waals surface area contributed by atoms with Gasteiger partial charge in [0.1, 0.15) is 0 Å². The summed E-state index contributed by atoms with van der Waals surface area (Å²) >= 11 is 0. The van der Waals surface area contributed by atoms with E-state index in [0.717, 1.165) is 11.3 Å². The Morgan fingerprint density at radius 1 is 1.28 bits per heavy atom. The molecule has 0 atom stereocenters. The molecule has 1 aromatic carbocycles. The van der Waals surface area contributed by atoms with Crippen molar-refractivity contribution in [1.29, 1.82) is 0 Å². The normalized spacial score (nSPS) is 11.7. The molecule has 2 heteroatoms. The molecule has 0 aliphatic carbocycles. The molecule has 0 spiro atoms. The van der Waals surface area contributed by atoms with Crippen molar-refractivity contribution in [2.75, 3.05) is 11.9 Å². The zero-order valence-electron chi connectivity index (χ0n) is 12.4. The standard InChI is InChI=1S/C16H25NO/c1-12(2)10-15(18)13-8-7-9-14(11-13)17(6)16(3,4)5/h7-9,11-12H,10H2,1-6H3. The van der Waals surface area contributed by atoms with Crippen LogP contribution in [0.15, 0.2) is 24.3 Å². The smallest absolute Gasteiger partial charge is 0.163 e. The van der Waals surface area contributed by atoms with Crippen LogP contribution in [0.25, 0.3) is 0 Å². The summed E-state index contributed by atoms with van der Waals surface area (Å²) in [5.74, 6) is 0.635. The molecule has 0 aliphatic rings. The largest absolute Gasteiger partial charge is 0.370 e. The van der Waals surface area contributed by atoms with E-state index in [-0.39, 0.29) is 11.3 Å². The molecule has 0 saturated carbocycles. The molecule has 0 unspecified atom stereocenters. The van der Waals surface area contributed by atoms with Crippen molar-refractivity contribution in [3.05, 3.63) is 29.8 Å². The second-order valence-corrected chi connectivity index (χ2v) is 6.30. The van der Waals surface area contributed by atoms with E-state index < -0.39 is 0 Å². The van der Waals surface area contributed by atoms with Crippen molar-refractivity contribution >= 4 is 11.5 Å². The van der Waals surface area contributed by atoms with Crippen LogP contribution < -0.4 is 4.90 Å². The van der Waals surface area contributed by atoms with Gasteiger partial charge >= 0.3 is 0 Å². The fourth-order valence-electron chi connectivity index (χ4n) is 1.76. The molecule has 0 aliphatic heterocycles. The van der Waals surface area contributed by atoms with E-state index in [2.05, 4.69) is 52.6 Å². The van der Waals surface area contributed by atoms with E-state index in [1.54, 1.807) is 0 Å². The molecule has 0 N–H and O–H groups in total. The van der Waals surface area contributed by atoms with Crippen LogP contribution in [0.2, 0.25) is 0 Å². The number of nitrogens with zero attached hydrogens (tertiary/aromatic N) is 1. The van der Waals surface area contributed by atoms with Crippen LogP contribution in [0, 0.1) is 5.92 Å². The molecule has 18 heavy (non-hydrogen) atoms. The number of Topliss-reactive ketones (excluding diaryl/α,β-unsaturated/α-hetero) is 1. The summed E-state index contributed by atoms with van der Waals surface area (Å²) in [7, 11) is 2.06. The molecule has 0 saturated heterocycles. The summed E-state index contributed by atoms with van der Waals surface area (Å²) in [5.41, 5.74) is 1.97. The van der Waals surface area contributed by atoms with Crippen molar-refractivity contribution in [3.8, 4) is 0 Å². The Labute approximate surface area is 111 Å². The summed E-state index contributed by atoms with van der Waals surface area (Å²) in [5, 5.41) is 0. The fraction of sp³-hybridized carbons (Fsp3) is 0.562. The molecule has 100 valence electrons. The predicted molar refractivity (Wildman–Crippen MR) is 78.4 cm³/mol. The maximum Gasteiger partial charge on any atom is 0.163 e. The van der Waals surface area contributed by atoms with Gasteiger partial charge in [0, 0.05) is 30.3 Å². The maximum absolute atomic E-state index is 12.1. The Morgan fingerprint density at radius 3 is 2.39 bits per heavy atom. The molecule has 0 bridgehead atoms. The molecule has 0 amide bonds. The van der Waals surface area contributed by atoms with Crippen LogP contribution in [0.5, 0.6) is 0 Å². The SMILES string of the molecule is CC(C)CC(=O)c1cccc(N(C)C(C)(C)C)c1. The van der Waals surface area contributed by atoms with Crippen molar-refractivity contribution in [2.45, 2.75) is 46.6 Å². The predicted octanol–water partition coefficient (Wildman–Crippen LogP) is 4.15. The second kappa shape index (κ2) is 5.55. The average molecular weight is 247 g/mol. The molecule has 1 rings (SSSR count). The van der Waals surface area contributed by atoms with Crippen molar-refractivity contribution in [3.63, 3.8) is 0 Å². The van der Waals surface area contributed by atoms with Crippen LogP contribution in [0.3, 0.4) is 0 Å². The number of rotatable bonds is 4. The lowest BCUT2D eigenvalue weighted by Gasteiger charge is -2.34. The van der Waals surface area contributed by atoms with Gasteiger partial charge in [-0.1, -0.05) is 26.0 Å². The van der Waals surface area contributed by atoms with Gasteiger partial charge in [0.2, 0.25) is 0 Å².